The minimum Gasteiger partial charge on any atom is -0.444 e. The predicted octanol–water partition coefficient (Wildman–Crippen LogP) is 2.50. The van der Waals surface area contributed by atoms with Gasteiger partial charge in [0.05, 0.1) is 13.7 Å². The van der Waals surface area contributed by atoms with Crippen molar-refractivity contribution in [1.82, 2.24) is 9.96 Å². The van der Waals surface area contributed by atoms with Gasteiger partial charge in [-0.2, -0.15) is 0 Å². The molecule has 6 heteroatoms. The van der Waals surface area contributed by atoms with E-state index in [0.29, 0.717) is 6.54 Å². The standard InChI is InChI=1S/C16H22N2O4/c1-16(2,3)22-15(20)18-10-11-8-6-7-9-12(11)13(18)14(19)17(4)21-5/h6-9,13H,10H2,1-5H3. The van der Waals surface area contributed by atoms with Crippen molar-refractivity contribution in [2.45, 2.75) is 39.0 Å². The van der Waals surface area contributed by atoms with Crippen LogP contribution in [0.1, 0.15) is 37.9 Å². The Labute approximate surface area is 130 Å². The number of carbonyl (C=O) groups excluding carboxylic acids is 2. The SMILES string of the molecule is CON(C)C(=O)C1c2ccccc2CN1C(=O)OC(C)(C)C. The molecule has 0 aliphatic carbocycles. The molecule has 1 aromatic rings. The highest BCUT2D eigenvalue weighted by Gasteiger charge is 2.41. The van der Waals surface area contributed by atoms with Gasteiger partial charge in [0.15, 0.2) is 0 Å². The van der Waals surface area contributed by atoms with Crippen LogP contribution in [0.5, 0.6) is 0 Å². The molecular formula is C16H22N2O4. The number of hydrogen-bond acceptors (Lipinski definition) is 4. The van der Waals surface area contributed by atoms with Gasteiger partial charge in [0.2, 0.25) is 0 Å². The molecule has 6 nitrogen and oxygen atoms in total. The van der Waals surface area contributed by atoms with Crippen LogP contribution in [0.15, 0.2) is 24.3 Å². The van der Waals surface area contributed by atoms with Crippen molar-refractivity contribution < 1.29 is 19.2 Å². The lowest BCUT2D eigenvalue weighted by molar-refractivity contribution is -0.174. The van der Waals surface area contributed by atoms with E-state index in [1.165, 1.54) is 19.1 Å². The molecule has 1 aliphatic rings. The van der Waals surface area contributed by atoms with Crippen LogP contribution in [0.4, 0.5) is 4.79 Å². The molecule has 0 aromatic heterocycles. The van der Waals surface area contributed by atoms with Gasteiger partial charge in [-0.1, -0.05) is 24.3 Å². The molecule has 0 spiro atoms. The number of nitrogens with zero attached hydrogens (tertiary/aromatic N) is 2. The lowest BCUT2D eigenvalue weighted by Crippen LogP contribution is -2.42. The number of amides is 2. The summed E-state index contributed by atoms with van der Waals surface area (Å²) in [6.45, 7) is 5.74. The van der Waals surface area contributed by atoms with E-state index in [4.69, 9.17) is 9.57 Å². The van der Waals surface area contributed by atoms with Gasteiger partial charge in [-0.25, -0.2) is 9.86 Å². The number of fused-ring (bicyclic) bond motifs is 1. The Kier molecular flexibility index (Phi) is 4.42. The Morgan fingerprint density at radius 1 is 1.27 bits per heavy atom. The fourth-order valence-electron chi connectivity index (χ4n) is 2.41. The highest BCUT2D eigenvalue weighted by atomic mass is 16.7. The monoisotopic (exact) mass is 306 g/mol. The van der Waals surface area contributed by atoms with Crippen molar-refractivity contribution in [3.63, 3.8) is 0 Å². The van der Waals surface area contributed by atoms with Crippen LogP contribution >= 0.6 is 0 Å². The van der Waals surface area contributed by atoms with Gasteiger partial charge in [-0.3, -0.25) is 14.5 Å². The van der Waals surface area contributed by atoms with Crippen molar-refractivity contribution in [3.8, 4) is 0 Å². The van der Waals surface area contributed by atoms with E-state index < -0.39 is 17.7 Å². The van der Waals surface area contributed by atoms with Crippen LogP contribution in [-0.4, -0.2) is 41.7 Å². The Bertz CT molecular complexity index is 580. The molecule has 1 aromatic carbocycles. The molecule has 0 fully saturated rings. The van der Waals surface area contributed by atoms with Crippen molar-refractivity contribution in [2.75, 3.05) is 14.2 Å². The van der Waals surface area contributed by atoms with Crippen molar-refractivity contribution in [1.29, 1.82) is 0 Å². The quantitative estimate of drug-likeness (QED) is 0.788. The number of hydrogen-bond donors (Lipinski definition) is 0. The Hall–Kier alpha value is -2.08. The third kappa shape index (κ3) is 3.22. The van der Waals surface area contributed by atoms with E-state index in [1.807, 2.05) is 24.3 Å². The third-order valence-electron chi connectivity index (χ3n) is 3.45. The van der Waals surface area contributed by atoms with Crippen molar-refractivity contribution >= 4 is 12.0 Å². The minimum atomic E-state index is -0.726. The summed E-state index contributed by atoms with van der Waals surface area (Å²) < 4.78 is 5.42. The lowest BCUT2D eigenvalue weighted by Gasteiger charge is -2.29. The first kappa shape index (κ1) is 16.3. The molecule has 1 unspecified atom stereocenters. The zero-order chi connectivity index (χ0) is 16.5. The summed E-state index contributed by atoms with van der Waals surface area (Å²) in [7, 11) is 2.94. The van der Waals surface area contributed by atoms with Gasteiger partial charge >= 0.3 is 6.09 Å². The second kappa shape index (κ2) is 5.96. The summed E-state index contributed by atoms with van der Waals surface area (Å²) in [5.74, 6) is -0.307. The minimum absolute atomic E-state index is 0.307. The second-order valence-corrected chi connectivity index (χ2v) is 6.23. The average Bonchev–Trinajstić information content (AvgIpc) is 2.83. The van der Waals surface area contributed by atoms with E-state index in [0.717, 1.165) is 16.2 Å². The first-order chi connectivity index (χ1) is 10.2. The lowest BCUT2D eigenvalue weighted by atomic mass is 10.0. The van der Waals surface area contributed by atoms with E-state index in [2.05, 4.69) is 0 Å². The smallest absolute Gasteiger partial charge is 0.411 e. The van der Waals surface area contributed by atoms with Crippen LogP contribution < -0.4 is 0 Å². The summed E-state index contributed by atoms with van der Waals surface area (Å²) in [6.07, 6.45) is -0.508. The van der Waals surface area contributed by atoms with E-state index in [-0.39, 0.29) is 5.91 Å². The van der Waals surface area contributed by atoms with E-state index in [9.17, 15) is 9.59 Å². The molecule has 1 aliphatic heterocycles. The number of ether oxygens (including phenoxy) is 1. The maximum absolute atomic E-state index is 12.6. The largest absolute Gasteiger partial charge is 0.444 e. The van der Waals surface area contributed by atoms with E-state index in [1.54, 1.807) is 20.8 Å². The number of likely N-dealkylation sites (N-methyl/N-ethyl adjacent to an activating group) is 1. The van der Waals surface area contributed by atoms with Gasteiger partial charge in [0.1, 0.15) is 11.6 Å². The topological polar surface area (TPSA) is 59.1 Å². The fraction of sp³-hybridized carbons (Fsp3) is 0.500. The molecule has 0 saturated carbocycles. The molecule has 0 bridgehead atoms. The van der Waals surface area contributed by atoms with Crippen molar-refractivity contribution in [3.05, 3.63) is 35.4 Å². The molecule has 1 heterocycles. The second-order valence-electron chi connectivity index (χ2n) is 6.23. The maximum Gasteiger partial charge on any atom is 0.411 e. The third-order valence-corrected chi connectivity index (χ3v) is 3.45. The summed E-state index contributed by atoms with van der Waals surface area (Å²) in [4.78, 5) is 31.4. The summed E-state index contributed by atoms with van der Waals surface area (Å²) in [5.41, 5.74) is 1.13. The molecule has 1 atom stereocenters. The Balaban J connectivity index is 2.34. The number of rotatable bonds is 2. The molecule has 0 saturated heterocycles. The summed E-state index contributed by atoms with van der Waals surface area (Å²) >= 11 is 0. The van der Waals surface area contributed by atoms with Gasteiger partial charge in [-0.05, 0) is 31.9 Å². The van der Waals surface area contributed by atoms with Gasteiger partial charge in [-0.15, -0.1) is 0 Å². The molecule has 22 heavy (non-hydrogen) atoms. The summed E-state index contributed by atoms with van der Waals surface area (Å²) in [6, 6.07) is 6.78. The highest BCUT2D eigenvalue weighted by Crippen LogP contribution is 2.35. The first-order valence-corrected chi connectivity index (χ1v) is 7.13. The normalized spacial score (nSPS) is 17.1. The van der Waals surface area contributed by atoms with Crippen molar-refractivity contribution in [2.24, 2.45) is 0 Å². The van der Waals surface area contributed by atoms with Gasteiger partial charge in [0, 0.05) is 7.05 Å². The molecular weight excluding hydrogens is 284 g/mol. The molecule has 0 radical (unpaired) electrons. The van der Waals surface area contributed by atoms with Gasteiger partial charge < -0.3 is 4.74 Å². The number of benzene rings is 1. The molecule has 2 rings (SSSR count). The zero-order valence-corrected chi connectivity index (χ0v) is 13.6. The predicted molar refractivity (Wildman–Crippen MR) is 80.7 cm³/mol. The van der Waals surface area contributed by atoms with Crippen LogP contribution in [-0.2, 0) is 20.9 Å². The van der Waals surface area contributed by atoms with Gasteiger partial charge in [0.25, 0.3) is 5.91 Å². The fourth-order valence-corrected chi connectivity index (χ4v) is 2.41. The number of carbonyl (C=O) groups is 2. The van der Waals surface area contributed by atoms with Crippen LogP contribution in [0.3, 0.4) is 0 Å². The van der Waals surface area contributed by atoms with E-state index >= 15 is 0 Å². The highest BCUT2D eigenvalue weighted by molar-refractivity contribution is 5.87. The first-order valence-electron chi connectivity index (χ1n) is 7.13. The molecule has 0 N–H and O–H groups in total. The summed E-state index contributed by atoms with van der Waals surface area (Å²) in [5, 5.41) is 1.13. The Morgan fingerprint density at radius 3 is 2.50 bits per heavy atom. The van der Waals surface area contributed by atoms with Crippen LogP contribution in [0.2, 0.25) is 0 Å². The molecule has 2 amide bonds. The Morgan fingerprint density at radius 2 is 1.91 bits per heavy atom. The average molecular weight is 306 g/mol. The zero-order valence-electron chi connectivity index (χ0n) is 13.6. The number of hydroxylamine groups is 2. The molecule has 120 valence electrons. The maximum atomic E-state index is 12.6. The van der Waals surface area contributed by atoms with Crippen LogP contribution in [0.25, 0.3) is 0 Å². The van der Waals surface area contributed by atoms with Crippen LogP contribution in [0, 0.1) is 0 Å².